The molecule has 3 rings (SSSR count). The summed E-state index contributed by atoms with van der Waals surface area (Å²) in [6.45, 7) is -0.707. The molecule has 1 aromatic heterocycles. The molecule has 26 heavy (non-hydrogen) atoms. The maximum atomic E-state index is 14.2. The summed E-state index contributed by atoms with van der Waals surface area (Å²) in [6.07, 6.45) is 3.05. The number of amides is 2. The summed E-state index contributed by atoms with van der Waals surface area (Å²) in [6, 6.07) is 6.06. The second-order valence-electron chi connectivity index (χ2n) is 6.04. The number of aryl methyl sites for hydroxylation is 1. The average molecular weight is 360 g/mol. The minimum Gasteiger partial charge on any atom is -0.347 e. The molecule has 0 saturated heterocycles. The predicted molar refractivity (Wildman–Crippen MR) is 90.6 cm³/mol. The zero-order chi connectivity index (χ0) is 18.5. The standard InChI is InChI=1S/C18H18F2N4O2/c19-8-6-11-2-1-3-13(15(11)20)10-22-17(26)14-7-9-21-18(23-14)24-16(25)12-4-5-12/h1-3,7,9,12H,4-6,8,10H2,(H,22,26)(H,21,23,24,25). The molecular weight excluding hydrogens is 342 g/mol. The molecule has 2 amide bonds. The first-order valence-corrected chi connectivity index (χ1v) is 8.33. The zero-order valence-corrected chi connectivity index (χ0v) is 14.0. The Bertz CT molecular complexity index is 825. The summed E-state index contributed by atoms with van der Waals surface area (Å²) in [4.78, 5) is 31.9. The molecule has 0 radical (unpaired) electrons. The Balaban J connectivity index is 1.63. The summed E-state index contributed by atoms with van der Waals surface area (Å²) in [5.41, 5.74) is 0.596. The van der Waals surface area contributed by atoms with Gasteiger partial charge in [-0.25, -0.2) is 14.4 Å². The van der Waals surface area contributed by atoms with Crippen LogP contribution in [0, 0.1) is 11.7 Å². The van der Waals surface area contributed by atoms with Crippen molar-refractivity contribution < 1.29 is 18.4 Å². The molecule has 1 saturated carbocycles. The molecule has 6 nitrogen and oxygen atoms in total. The van der Waals surface area contributed by atoms with Crippen LogP contribution in [0.25, 0.3) is 0 Å². The van der Waals surface area contributed by atoms with Crippen molar-refractivity contribution in [2.24, 2.45) is 5.92 Å². The van der Waals surface area contributed by atoms with E-state index in [1.165, 1.54) is 24.4 Å². The quantitative estimate of drug-likeness (QED) is 0.794. The Morgan fingerprint density at radius 2 is 1.96 bits per heavy atom. The van der Waals surface area contributed by atoms with Gasteiger partial charge in [0.05, 0.1) is 6.67 Å². The van der Waals surface area contributed by atoms with Crippen LogP contribution in [-0.2, 0) is 17.8 Å². The number of nitrogens with one attached hydrogen (secondary N) is 2. The third-order valence-corrected chi connectivity index (χ3v) is 4.03. The first-order chi connectivity index (χ1) is 12.6. The van der Waals surface area contributed by atoms with Crippen LogP contribution >= 0.6 is 0 Å². The lowest BCUT2D eigenvalue weighted by Gasteiger charge is -2.09. The first kappa shape index (κ1) is 17.9. The Labute approximate surface area is 149 Å². The third kappa shape index (κ3) is 4.38. The van der Waals surface area contributed by atoms with Crippen LogP contribution in [-0.4, -0.2) is 28.5 Å². The fourth-order valence-electron chi connectivity index (χ4n) is 2.43. The monoisotopic (exact) mass is 360 g/mol. The van der Waals surface area contributed by atoms with Crippen molar-refractivity contribution in [1.29, 1.82) is 0 Å². The van der Waals surface area contributed by atoms with E-state index in [0.29, 0.717) is 0 Å². The van der Waals surface area contributed by atoms with Gasteiger partial charge >= 0.3 is 0 Å². The van der Waals surface area contributed by atoms with Crippen LogP contribution in [0.1, 0.15) is 34.5 Å². The summed E-state index contributed by atoms with van der Waals surface area (Å²) >= 11 is 0. The highest BCUT2D eigenvalue weighted by Crippen LogP contribution is 2.29. The topological polar surface area (TPSA) is 84.0 Å². The number of aromatic nitrogens is 2. The number of anilines is 1. The van der Waals surface area contributed by atoms with Crippen LogP contribution in [0.2, 0.25) is 0 Å². The van der Waals surface area contributed by atoms with E-state index in [0.717, 1.165) is 12.8 Å². The molecule has 8 heteroatoms. The molecule has 1 heterocycles. The van der Waals surface area contributed by atoms with E-state index < -0.39 is 18.4 Å². The predicted octanol–water partition coefficient (Wildman–Crippen LogP) is 2.41. The number of nitrogens with zero attached hydrogens (tertiary/aromatic N) is 2. The van der Waals surface area contributed by atoms with Crippen molar-refractivity contribution in [3.8, 4) is 0 Å². The van der Waals surface area contributed by atoms with Gasteiger partial charge in [0.2, 0.25) is 11.9 Å². The van der Waals surface area contributed by atoms with Gasteiger partial charge in [-0.1, -0.05) is 18.2 Å². The first-order valence-electron chi connectivity index (χ1n) is 8.33. The van der Waals surface area contributed by atoms with Gasteiger partial charge in [-0.3, -0.25) is 19.3 Å². The van der Waals surface area contributed by atoms with Crippen LogP contribution in [0.4, 0.5) is 14.7 Å². The largest absolute Gasteiger partial charge is 0.347 e. The van der Waals surface area contributed by atoms with Gasteiger partial charge in [-0.15, -0.1) is 0 Å². The summed E-state index contributed by atoms with van der Waals surface area (Å²) in [5, 5.41) is 5.13. The second kappa shape index (κ2) is 7.99. The highest BCUT2D eigenvalue weighted by Gasteiger charge is 2.30. The van der Waals surface area contributed by atoms with E-state index in [1.54, 1.807) is 6.07 Å². The number of benzene rings is 1. The maximum Gasteiger partial charge on any atom is 0.270 e. The minimum atomic E-state index is -0.650. The molecule has 1 fully saturated rings. The van der Waals surface area contributed by atoms with E-state index in [9.17, 15) is 18.4 Å². The van der Waals surface area contributed by atoms with Gasteiger partial charge in [0.25, 0.3) is 5.91 Å². The number of carbonyl (C=O) groups excluding carboxylic acids is 2. The number of carbonyl (C=O) groups is 2. The molecule has 2 N–H and O–H groups in total. The molecule has 1 aliphatic carbocycles. The highest BCUT2D eigenvalue weighted by atomic mass is 19.1. The van der Waals surface area contributed by atoms with Crippen molar-refractivity contribution in [2.75, 3.05) is 12.0 Å². The second-order valence-corrected chi connectivity index (χ2v) is 6.04. The van der Waals surface area contributed by atoms with Crippen LogP contribution in [0.3, 0.4) is 0 Å². The van der Waals surface area contributed by atoms with E-state index in [4.69, 9.17) is 0 Å². The van der Waals surface area contributed by atoms with Crippen molar-refractivity contribution in [3.63, 3.8) is 0 Å². The lowest BCUT2D eigenvalue weighted by molar-refractivity contribution is -0.117. The van der Waals surface area contributed by atoms with Crippen LogP contribution in [0.5, 0.6) is 0 Å². The van der Waals surface area contributed by atoms with Crippen molar-refractivity contribution >= 4 is 17.8 Å². The lowest BCUT2D eigenvalue weighted by Crippen LogP contribution is -2.25. The lowest BCUT2D eigenvalue weighted by atomic mass is 10.1. The summed E-state index contributed by atoms with van der Waals surface area (Å²) in [5.74, 6) is -1.15. The van der Waals surface area contributed by atoms with Crippen molar-refractivity contribution in [3.05, 3.63) is 53.1 Å². The third-order valence-electron chi connectivity index (χ3n) is 4.03. The fourth-order valence-corrected chi connectivity index (χ4v) is 2.43. The minimum absolute atomic E-state index is 0.00402. The van der Waals surface area contributed by atoms with Gasteiger partial charge < -0.3 is 5.32 Å². The smallest absolute Gasteiger partial charge is 0.270 e. The van der Waals surface area contributed by atoms with Gasteiger partial charge in [0.1, 0.15) is 11.5 Å². The fraction of sp³-hybridized carbons (Fsp3) is 0.333. The summed E-state index contributed by atoms with van der Waals surface area (Å²) < 4.78 is 26.6. The van der Waals surface area contributed by atoms with Gasteiger partial charge in [-0.05, 0) is 24.5 Å². The van der Waals surface area contributed by atoms with E-state index in [2.05, 4.69) is 20.6 Å². The average Bonchev–Trinajstić information content (AvgIpc) is 3.48. The van der Waals surface area contributed by atoms with Crippen LogP contribution in [0.15, 0.2) is 30.5 Å². The molecular formula is C18H18F2N4O2. The van der Waals surface area contributed by atoms with Gasteiger partial charge in [0.15, 0.2) is 0 Å². The van der Waals surface area contributed by atoms with E-state index in [1.807, 2.05) is 0 Å². The van der Waals surface area contributed by atoms with E-state index in [-0.39, 0.29) is 47.6 Å². The molecule has 0 spiro atoms. The van der Waals surface area contributed by atoms with Crippen molar-refractivity contribution in [2.45, 2.75) is 25.8 Å². The maximum absolute atomic E-state index is 14.2. The molecule has 0 aliphatic heterocycles. The summed E-state index contributed by atoms with van der Waals surface area (Å²) in [7, 11) is 0. The normalized spacial score (nSPS) is 13.3. The zero-order valence-electron chi connectivity index (χ0n) is 14.0. The molecule has 0 unspecified atom stereocenters. The van der Waals surface area contributed by atoms with Crippen molar-refractivity contribution in [1.82, 2.24) is 15.3 Å². The number of hydrogen-bond acceptors (Lipinski definition) is 4. The number of alkyl halides is 1. The molecule has 136 valence electrons. The molecule has 1 aromatic carbocycles. The Morgan fingerprint density at radius 1 is 1.19 bits per heavy atom. The molecule has 1 aliphatic rings. The number of halogens is 2. The number of rotatable bonds is 7. The van der Waals surface area contributed by atoms with E-state index >= 15 is 0 Å². The SMILES string of the molecule is O=C(NCc1cccc(CCF)c1F)c1ccnc(NC(=O)C2CC2)n1. The Kier molecular flexibility index (Phi) is 5.50. The Hall–Kier alpha value is -2.90. The molecule has 0 atom stereocenters. The van der Waals surface area contributed by atoms with Gasteiger partial charge in [0, 0.05) is 30.6 Å². The number of hydrogen-bond donors (Lipinski definition) is 2. The van der Waals surface area contributed by atoms with Gasteiger partial charge in [-0.2, -0.15) is 0 Å². The molecule has 0 bridgehead atoms. The highest BCUT2D eigenvalue weighted by molar-refractivity contribution is 5.94. The Morgan fingerprint density at radius 3 is 2.69 bits per heavy atom. The molecule has 2 aromatic rings. The van der Waals surface area contributed by atoms with Crippen LogP contribution < -0.4 is 10.6 Å².